The van der Waals surface area contributed by atoms with Gasteiger partial charge in [0.05, 0.1) is 17.9 Å². The first-order valence-electron chi connectivity index (χ1n) is 7.95. The van der Waals surface area contributed by atoms with Crippen LogP contribution < -0.4 is 5.32 Å². The third kappa shape index (κ3) is 3.53. The van der Waals surface area contributed by atoms with E-state index in [9.17, 15) is 4.79 Å². The quantitative estimate of drug-likeness (QED) is 0.784. The zero-order valence-electron chi connectivity index (χ0n) is 14.1. The zero-order chi connectivity index (χ0) is 17.1. The summed E-state index contributed by atoms with van der Waals surface area (Å²) in [5.74, 6) is -0.0884. The summed E-state index contributed by atoms with van der Waals surface area (Å²) < 4.78 is 3.67. The molecule has 3 rings (SSSR count). The fourth-order valence-electron chi connectivity index (χ4n) is 2.69. The van der Waals surface area contributed by atoms with E-state index < -0.39 is 0 Å². The van der Waals surface area contributed by atoms with E-state index >= 15 is 0 Å². The van der Waals surface area contributed by atoms with Crippen molar-refractivity contribution in [1.82, 2.24) is 24.9 Å². The Labute approximate surface area is 141 Å². The van der Waals surface area contributed by atoms with Crippen LogP contribution in [0.2, 0.25) is 0 Å². The maximum absolute atomic E-state index is 12.3. The van der Waals surface area contributed by atoms with Gasteiger partial charge in [-0.15, -0.1) is 0 Å². The number of carbonyl (C=O) groups is 1. The molecule has 1 atom stereocenters. The summed E-state index contributed by atoms with van der Waals surface area (Å²) in [6.07, 6.45) is 3.61. The molecule has 0 fully saturated rings. The van der Waals surface area contributed by atoms with Gasteiger partial charge in [-0.1, -0.05) is 0 Å². The Bertz CT molecular complexity index is 818. The van der Waals surface area contributed by atoms with Gasteiger partial charge in [0.2, 0.25) is 0 Å². The third-order valence-electron chi connectivity index (χ3n) is 3.78. The van der Waals surface area contributed by atoms with Crippen LogP contribution in [0, 0.1) is 13.8 Å². The summed E-state index contributed by atoms with van der Waals surface area (Å²) in [6.45, 7) is 6.58. The van der Waals surface area contributed by atoms with E-state index in [1.54, 1.807) is 10.9 Å². The van der Waals surface area contributed by atoms with E-state index in [0.29, 0.717) is 12.1 Å². The molecule has 2 aromatic heterocycles. The summed E-state index contributed by atoms with van der Waals surface area (Å²) in [5.41, 5.74) is 3.62. The fraction of sp³-hybridized carbons (Fsp3) is 0.278. The molecule has 24 heavy (non-hydrogen) atoms. The first kappa shape index (κ1) is 16.0. The van der Waals surface area contributed by atoms with Crippen molar-refractivity contribution < 1.29 is 4.79 Å². The number of rotatable bonds is 5. The number of hydrogen-bond donors (Lipinski definition) is 1. The Balaban J connectivity index is 1.66. The van der Waals surface area contributed by atoms with Gasteiger partial charge in [0.25, 0.3) is 5.91 Å². The van der Waals surface area contributed by atoms with Crippen LogP contribution in [0.1, 0.15) is 28.7 Å². The lowest BCUT2D eigenvalue weighted by Gasteiger charge is -2.14. The van der Waals surface area contributed by atoms with Gasteiger partial charge in [-0.05, 0) is 57.2 Å². The number of nitrogens with zero attached hydrogens (tertiary/aromatic N) is 4. The summed E-state index contributed by atoms with van der Waals surface area (Å²) >= 11 is 0. The molecule has 0 spiro atoms. The molecule has 1 aromatic carbocycles. The molecule has 0 saturated heterocycles. The normalized spacial score (nSPS) is 12.1. The van der Waals surface area contributed by atoms with E-state index in [2.05, 4.69) is 15.5 Å². The number of aromatic nitrogens is 4. The van der Waals surface area contributed by atoms with Crippen molar-refractivity contribution in [3.63, 3.8) is 0 Å². The van der Waals surface area contributed by atoms with Crippen LogP contribution in [0.25, 0.3) is 5.69 Å². The number of amides is 1. The molecule has 2 heterocycles. The van der Waals surface area contributed by atoms with Crippen LogP contribution >= 0.6 is 0 Å². The molecule has 0 aliphatic heterocycles. The first-order valence-corrected chi connectivity index (χ1v) is 7.95. The lowest BCUT2D eigenvalue weighted by molar-refractivity contribution is 0.0936. The second-order valence-electron chi connectivity index (χ2n) is 5.99. The largest absolute Gasteiger partial charge is 0.348 e. The number of aryl methyl sites for hydroxylation is 2. The minimum Gasteiger partial charge on any atom is -0.348 e. The van der Waals surface area contributed by atoms with Gasteiger partial charge in [-0.25, -0.2) is 4.68 Å². The SMILES string of the molecule is Cc1cc(C)n(-c2ccc(C(=O)N[C@H](C)Cn3cccn3)cc2)n1. The maximum atomic E-state index is 12.3. The van der Waals surface area contributed by atoms with Gasteiger partial charge in [0.1, 0.15) is 0 Å². The number of nitrogens with one attached hydrogen (secondary N) is 1. The highest BCUT2D eigenvalue weighted by Crippen LogP contribution is 2.13. The molecule has 0 bridgehead atoms. The Kier molecular flexibility index (Phi) is 4.46. The standard InChI is InChI=1S/C18H21N5O/c1-13-11-15(3)23(21-13)17-7-5-16(6-8-17)18(24)20-14(2)12-22-10-4-9-19-22/h4-11,14H,12H2,1-3H3,(H,20,24)/t14-/m1/s1. The lowest BCUT2D eigenvalue weighted by Crippen LogP contribution is -2.35. The average molecular weight is 323 g/mol. The van der Waals surface area contributed by atoms with Gasteiger partial charge in [-0.3, -0.25) is 9.48 Å². The molecule has 1 N–H and O–H groups in total. The van der Waals surface area contributed by atoms with Crippen LogP contribution in [-0.4, -0.2) is 31.5 Å². The number of carbonyl (C=O) groups excluding carboxylic acids is 1. The highest BCUT2D eigenvalue weighted by Gasteiger charge is 2.11. The second kappa shape index (κ2) is 6.70. The Morgan fingerprint density at radius 1 is 1.25 bits per heavy atom. The summed E-state index contributed by atoms with van der Waals surface area (Å²) in [4.78, 5) is 12.3. The van der Waals surface area contributed by atoms with Crippen LogP contribution in [0.4, 0.5) is 0 Å². The topological polar surface area (TPSA) is 64.7 Å². The van der Waals surface area contributed by atoms with Crippen LogP contribution in [0.3, 0.4) is 0 Å². The third-order valence-corrected chi connectivity index (χ3v) is 3.78. The van der Waals surface area contributed by atoms with Crippen LogP contribution in [-0.2, 0) is 6.54 Å². The Hall–Kier alpha value is -2.89. The van der Waals surface area contributed by atoms with E-state index in [4.69, 9.17) is 0 Å². The van der Waals surface area contributed by atoms with Crippen molar-refractivity contribution in [1.29, 1.82) is 0 Å². The van der Waals surface area contributed by atoms with E-state index in [-0.39, 0.29) is 11.9 Å². The molecule has 6 heteroatoms. The molecule has 0 aliphatic rings. The monoisotopic (exact) mass is 323 g/mol. The average Bonchev–Trinajstić information content (AvgIpc) is 3.16. The Morgan fingerprint density at radius 3 is 2.58 bits per heavy atom. The van der Waals surface area contributed by atoms with Crippen molar-refractivity contribution in [2.24, 2.45) is 0 Å². The molecule has 1 amide bonds. The van der Waals surface area contributed by atoms with Crippen LogP contribution in [0.15, 0.2) is 48.8 Å². The zero-order valence-corrected chi connectivity index (χ0v) is 14.1. The van der Waals surface area contributed by atoms with Crippen molar-refractivity contribution in [2.45, 2.75) is 33.4 Å². The summed E-state index contributed by atoms with van der Waals surface area (Å²) in [5, 5.41) is 11.6. The smallest absolute Gasteiger partial charge is 0.251 e. The molecule has 124 valence electrons. The van der Waals surface area contributed by atoms with E-state index in [1.165, 1.54) is 0 Å². The molecule has 6 nitrogen and oxygen atoms in total. The van der Waals surface area contributed by atoms with Gasteiger partial charge in [0.15, 0.2) is 0 Å². The van der Waals surface area contributed by atoms with Gasteiger partial charge in [0, 0.05) is 29.7 Å². The molecule has 0 unspecified atom stereocenters. The molecular formula is C18H21N5O. The molecule has 0 saturated carbocycles. The van der Waals surface area contributed by atoms with E-state index in [0.717, 1.165) is 17.1 Å². The minimum absolute atomic E-state index is 0.00640. The number of benzene rings is 1. The fourth-order valence-corrected chi connectivity index (χ4v) is 2.69. The predicted octanol–water partition coefficient (Wildman–Crippen LogP) is 2.50. The van der Waals surface area contributed by atoms with Gasteiger partial charge >= 0.3 is 0 Å². The first-order chi connectivity index (χ1) is 11.5. The van der Waals surface area contributed by atoms with Gasteiger partial charge < -0.3 is 5.32 Å². The van der Waals surface area contributed by atoms with Crippen molar-refractivity contribution in [3.05, 3.63) is 65.7 Å². The van der Waals surface area contributed by atoms with Crippen LogP contribution in [0.5, 0.6) is 0 Å². The van der Waals surface area contributed by atoms with Crippen molar-refractivity contribution in [2.75, 3.05) is 0 Å². The minimum atomic E-state index is -0.0884. The molecule has 0 aliphatic carbocycles. The van der Waals surface area contributed by atoms with Gasteiger partial charge in [-0.2, -0.15) is 10.2 Å². The lowest BCUT2D eigenvalue weighted by atomic mass is 10.2. The molecule has 0 radical (unpaired) electrons. The summed E-state index contributed by atoms with van der Waals surface area (Å²) in [7, 11) is 0. The number of hydrogen-bond acceptors (Lipinski definition) is 3. The second-order valence-corrected chi connectivity index (χ2v) is 5.99. The van der Waals surface area contributed by atoms with Crippen molar-refractivity contribution in [3.8, 4) is 5.69 Å². The maximum Gasteiger partial charge on any atom is 0.251 e. The predicted molar refractivity (Wildman–Crippen MR) is 92.2 cm³/mol. The highest BCUT2D eigenvalue weighted by atomic mass is 16.1. The Morgan fingerprint density at radius 2 is 2.00 bits per heavy atom. The van der Waals surface area contributed by atoms with E-state index in [1.807, 2.05) is 68.0 Å². The van der Waals surface area contributed by atoms with Crippen molar-refractivity contribution >= 4 is 5.91 Å². The summed E-state index contributed by atoms with van der Waals surface area (Å²) in [6, 6.07) is 11.3. The molecular weight excluding hydrogens is 302 g/mol. The molecule has 3 aromatic rings. The highest BCUT2D eigenvalue weighted by molar-refractivity contribution is 5.94.